The van der Waals surface area contributed by atoms with E-state index in [0.717, 1.165) is 28.6 Å². The van der Waals surface area contributed by atoms with Crippen molar-refractivity contribution in [3.8, 4) is 0 Å². The van der Waals surface area contributed by atoms with Crippen LogP contribution in [0.1, 0.15) is 22.8 Å². The van der Waals surface area contributed by atoms with Crippen LogP contribution in [0, 0.1) is 20.8 Å². The van der Waals surface area contributed by atoms with Gasteiger partial charge >= 0.3 is 0 Å². The first-order valence-electron chi connectivity index (χ1n) is 6.08. The third-order valence-corrected chi connectivity index (χ3v) is 2.80. The molecule has 0 aromatic carbocycles. The lowest BCUT2D eigenvalue weighted by atomic mass is 10.2. The fourth-order valence-corrected chi connectivity index (χ4v) is 1.99. The predicted molar refractivity (Wildman–Crippen MR) is 80.2 cm³/mol. The molecule has 2 rings (SSSR count). The van der Waals surface area contributed by atoms with Crippen molar-refractivity contribution in [3.63, 3.8) is 0 Å². The standard InChI is InChI=1S/C14H17N3OS/c1-9-6-10(2)16-13(7-9)17-14(19)15-8-12-5-4-11(3)18-12/h4-7H,8H2,1-3H3,(H2,15,16,17,19). The summed E-state index contributed by atoms with van der Waals surface area (Å²) in [5, 5.41) is 6.69. The zero-order valence-electron chi connectivity index (χ0n) is 11.3. The maximum Gasteiger partial charge on any atom is 0.172 e. The molecule has 0 bridgehead atoms. The average Bonchev–Trinajstić information content (AvgIpc) is 2.71. The number of anilines is 1. The summed E-state index contributed by atoms with van der Waals surface area (Å²) in [5.74, 6) is 2.51. The largest absolute Gasteiger partial charge is 0.465 e. The normalized spacial score (nSPS) is 10.3. The Kier molecular flexibility index (Phi) is 4.16. The molecule has 0 unspecified atom stereocenters. The quantitative estimate of drug-likeness (QED) is 0.843. The van der Waals surface area contributed by atoms with Crippen molar-refractivity contribution in [2.24, 2.45) is 0 Å². The van der Waals surface area contributed by atoms with Crippen molar-refractivity contribution >= 4 is 23.1 Å². The predicted octanol–water partition coefficient (Wildman–Crippen LogP) is 3.09. The van der Waals surface area contributed by atoms with E-state index in [1.165, 1.54) is 0 Å². The lowest BCUT2D eigenvalue weighted by Gasteiger charge is -2.10. The molecule has 4 nitrogen and oxygen atoms in total. The summed E-state index contributed by atoms with van der Waals surface area (Å²) in [7, 11) is 0. The van der Waals surface area contributed by atoms with Crippen LogP contribution in [-0.2, 0) is 6.54 Å². The Labute approximate surface area is 118 Å². The second kappa shape index (κ2) is 5.84. The number of rotatable bonds is 3. The van der Waals surface area contributed by atoms with Crippen LogP contribution in [-0.4, -0.2) is 10.1 Å². The summed E-state index contributed by atoms with van der Waals surface area (Å²) in [5.41, 5.74) is 2.12. The van der Waals surface area contributed by atoms with Gasteiger partial charge in [-0.15, -0.1) is 0 Å². The van der Waals surface area contributed by atoms with E-state index in [2.05, 4.69) is 15.6 Å². The minimum atomic E-state index is 0.534. The number of hydrogen-bond donors (Lipinski definition) is 2. The van der Waals surface area contributed by atoms with E-state index in [9.17, 15) is 0 Å². The highest BCUT2D eigenvalue weighted by molar-refractivity contribution is 7.80. The van der Waals surface area contributed by atoms with Gasteiger partial charge in [0, 0.05) is 5.69 Å². The van der Waals surface area contributed by atoms with Crippen LogP contribution in [0.25, 0.3) is 0 Å². The van der Waals surface area contributed by atoms with Gasteiger partial charge in [0.15, 0.2) is 5.11 Å². The second-order valence-corrected chi connectivity index (χ2v) is 4.90. The molecule has 0 radical (unpaired) electrons. The molecule has 0 saturated heterocycles. The maximum absolute atomic E-state index is 5.46. The maximum atomic E-state index is 5.46. The highest BCUT2D eigenvalue weighted by Gasteiger charge is 2.02. The first-order chi connectivity index (χ1) is 9.02. The molecule has 0 aliphatic carbocycles. The van der Waals surface area contributed by atoms with E-state index >= 15 is 0 Å². The monoisotopic (exact) mass is 275 g/mol. The Morgan fingerprint density at radius 2 is 2.05 bits per heavy atom. The van der Waals surface area contributed by atoms with E-state index in [0.29, 0.717) is 11.7 Å². The van der Waals surface area contributed by atoms with Crippen LogP contribution in [0.2, 0.25) is 0 Å². The van der Waals surface area contributed by atoms with E-state index in [1.54, 1.807) is 0 Å². The molecule has 2 heterocycles. The van der Waals surface area contributed by atoms with Gasteiger partial charge in [-0.25, -0.2) is 4.98 Å². The SMILES string of the molecule is Cc1cc(C)nc(NC(=S)NCc2ccc(C)o2)c1. The Morgan fingerprint density at radius 3 is 2.68 bits per heavy atom. The summed E-state index contributed by atoms with van der Waals surface area (Å²) >= 11 is 5.22. The zero-order valence-corrected chi connectivity index (χ0v) is 12.1. The Bertz CT molecular complexity index is 572. The Morgan fingerprint density at radius 1 is 1.26 bits per heavy atom. The number of thiocarbonyl (C=S) groups is 1. The van der Waals surface area contributed by atoms with Crippen molar-refractivity contribution in [2.75, 3.05) is 5.32 Å². The van der Waals surface area contributed by atoms with Crippen molar-refractivity contribution in [1.82, 2.24) is 10.3 Å². The molecule has 19 heavy (non-hydrogen) atoms. The van der Waals surface area contributed by atoms with Gasteiger partial charge in [0.05, 0.1) is 6.54 Å². The van der Waals surface area contributed by atoms with Crippen LogP contribution < -0.4 is 10.6 Å². The van der Waals surface area contributed by atoms with Gasteiger partial charge in [-0.05, 0) is 62.8 Å². The van der Waals surface area contributed by atoms with Gasteiger partial charge < -0.3 is 15.1 Å². The number of aromatic nitrogens is 1. The molecule has 0 spiro atoms. The number of hydrogen-bond acceptors (Lipinski definition) is 3. The molecule has 0 fully saturated rings. The molecule has 0 aliphatic rings. The minimum absolute atomic E-state index is 0.534. The van der Waals surface area contributed by atoms with E-state index in [4.69, 9.17) is 16.6 Å². The van der Waals surface area contributed by atoms with Crippen LogP contribution >= 0.6 is 12.2 Å². The van der Waals surface area contributed by atoms with E-state index < -0.39 is 0 Å². The van der Waals surface area contributed by atoms with Crippen molar-refractivity contribution in [3.05, 3.63) is 47.0 Å². The van der Waals surface area contributed by atoms with Gasteiger partial charge in [-0.1, -0.05) is 0 Å². The van der Waals surface area contributed by atoms with Crippen LogP contribution in [0.5, 0.6) is 0 Å². The Balaban J connectivity index is 1.90. The van der Waals surface area contributed by atoms with Gasteiger partial charge in [-0.2, -0.15) is 0 Å². The van der Waals surface area contributed by atoms with Gasteiger partial charge in [0.1, 0.15) is 17.3 Å². The molecule has 5 heteroatoms. The summed E-state index contributed by atoms with van der Waals surface area (Å²) in [6, 6.07) is 7.84. The summed E-state index contributed by atoms with van der Waals surface area (Å²) in [4.78, 5) is 4.37. The third-order valence-electron chi connectivity index (χ3n) is 2.56. The fourth-order valence-electron chi connectivity index (χ4n) is 1.81. The van der Waals surface area contributed by atoms with Crippen LogP contribution in [0.3, 0.4) is 0 Å². The number of furan rings is 1. The lowest BCUT2D eigenvalue weighted by Crippen LogP contribution is -2.28. The van der Waals surface area contributed by atoms with E-state index in [1.807, 2.05) is 45.0 Å². The minimum Gasteiger partial charge on any atom is -0.465 e. The highest BCUT2D eigenvalue weighted by atomic mass is 32.1. The molecule has 0 atom stereocenters. The zero-order chi connectivity index (χ0) is 13.8. The molecular formula is C14H17N3OS. The summed E-state index contributed by atoms with van der Waals surface area (Å²) in [6.45, 7) is 6.46. The molecule has 2 N–H and O–H groups in total. The fraction of sp³-hybridized carbons (Fsp3) is 0.286. The van der Waals surface area contributed by atoms with Crippen molar-refractivity contribution < 1.29 is 4.42 Å². The number of aryl methyl sites for hydroxylation is 3. The molecular weight excluding hydrogens is 258 g/mol. The van der Waals surface area contributed by atoms with Gasteiger partial charge in [0.2, 0.25) is 0 Å². The number of nitrogens with one attached hydrogen (secondary N) is 2. The average molecular weight is 275 g/mol. The molecule has 2 aromatic rings. The van der Waals surface area contributed by atoms with E-state index in [-0.39, 0.29) is 0 Å². The first-order valence-corrected chi connectivity index (χ1v) is 6.49. The van der Waals surface area contributed by atoms with Crippen molar-refractivity contribution in [2.45, 2.75) is 27.3 Å². The molecule has 0 saturated carbocycles. The first kappa shape index (κ1) is 13.5. The van der Waals surface area contributed by atoms with Gasteiger partial charge in [0.25, 0.3) is 0 Å². The molecule has 2 aromatic heterocycles. The highest BCUT2D eigenvalue weighted by Crippen LogP contribution is 2.09. The molecule has 100 valence electrons. The smallest absolute Gasteiger partial charge is 0.172 e. The lowest BCUT2D eigenvalue weighted by molar-refractivity contribution is 0.478. The second-order valence-electron chi connectivity index (χ2n) is 4.49. The summed E-state index contributed by atoms with van der Waals surface area (Å²) in [6.07, 6.45) is 0. The molecule has 0 aliphatic heterocycles. The third kappa shape index (κ3) is 4.06. The van der Waals surface area contributed by atoms with Gasteiger partial charge in [-0.3, -0.25) is 0 Å². The van der Waals surface area contributed by atoms with Crippen molar-refractivity contribution in [1.29, 1.82) is 0 Å². The van der Waals surface area contributed by atoms with Crippen LogP contribution in [0.4, 0.5) is 5.82 Å². The topological polar surface area (TPSA) is 50.1 Å². The number of nitrogens with zero attached hydrogens (tertiary/aromatic N) is 1. The molecule has 0 amide bonds. The summed E-state index contributed by atoms with van der Waals surface area (Å²) < 4.78 is 5.46. The van der Waals surface area contributed by atoms with Crippen LogP contribution in [0.15, 0.2) is 28.7 Å². The number of pyridine rings is 1. The Hall–Kier alpha value is -1.88.